The quantitative estimate of drug-likeness (QED) is 0.543. The van der Waals surface area contributed by atoms with Crippen molar-refractivity contribution in [3.8, 4) is 0 Å². The molecule has 0 bridgehead atoms. The van der Waals surface area contributed by atoms with Crippen molar-refractivity contribution in [1.29, 1.82) is 0 Å². The fourth-order valence-corrected chi connectivity index (χ4v) is 1.91. The van der Waals surface area contributed by atoms with Gasteiger partial charge in [0.1, 0.15) is 11.2 Å². The number of rotatable bonds is 0. The first-order valence-corrected chi connectivity index (χ1v) is 4.89. The summed E-state index contributed by atoms with van der Waals surface area (Å²) in [5.74, 6) is 0. The van der Waals surface area contributed by atoms with Crippen LogP contribution in [0, 0.1) is 0 Å². The highest BCUT2D eigenvalue weighted by Gasteiger charge is 2.04. The Kier molecular flexibility index (Phi) is 1.58. The van der Waals surface area contributed by atoms with Gasteiger partial charge >= 0.3 is 0 Å². The van der Waals surface area contributed by atoms with E-state index in [4.69, 9.17) is 4.42 Å². The molecule has 2 heteroatoms. The van der Waals surface area contributed by atoms with Gasteiger partial charge in [-0.2, -0.15) is 0 Å². The van der Waals surface area contributed by atoms with E-state index in [1.165, 1.54) is 0 Å². The second kappa shape index (κ2) is 2.79. The van der Waals surface area contributed by atoms with E-state index >= 15 is 0 Å². The van der Waals surface area contributed by atoms with Crippen LogP contribution in [-0.2, 0) is 0 Å². The smallest absolute Gasteiger partial charge is 0.136 e. The lowest BCUT2D eigenvalue weighted by molar-refractivity contribution is 0.668. The Bertz CT molecular complexity index is 610. The minimum atomic E-state index is 0.902. The van der Waals surface area contributed by atoms with Crippen molar-refractivity contribution in [3.63, 3.8) is 0 Å². The zero-order chi connectivity index (χ0) is 9.54. The minimum Gasteiger partial charge on any atom is -0.456 e. The molecule has 68 valence electrons. The Morgan fingerprint density at radius 2 is 1.64 bits per heavy atom. The molecule has 0 aliphatic carbocycles. The van der Waals surface area contributed by atoms with Crippen LogP contribution >= 0.6 is 12.6 Å². The van der Waals surface area contributed by atoms with Crippen LogP contribution in [0.2, 0.25) is 0 Å². The van der Waals surface area contributed by atoms with Crippen LogP contribution in [0.5, 0.6) is 0 Å². The molecule has 1 aromatic heterocycles. The van der Waals surface area contributed by atoms with Crippen molar-refractivity contribution >= 4 is 34.6 Å². The van der Waals surface area contributed by atoms with Crippen LogP contribution in [0.3, 0.4) is 0 Å². The largest absolute Gasteiger partial charge is 0.456 e. The summed E-state index contributed by atoms with van der Waals surface area (Å²) >= 11 is 4.28. The van der Waals surface area contributed by atoms with Gasteiger partial charge in [0.2, 0.25) is 0 Å². The number of thiol groups is 1. The molecular weight excluding hydrogens is 192 g/mol. The zero-order valence-corrected chi connectivity index (χ0v) is 8.29. The van der Waals surface area contributed by atoms with Crippen molar-refractivity contribution in [2.45, 2.75) is 4.90 Å². The number of benzene rings is 2. The van der Waals surface area contributed by atoms with E-state index in [1.807, 2.05) is 36.4 Å². The Balaban J connectivity index is 2.57. The van der Waals surface area contributed by atoms with Gasteiger partial charge in [-0.25, -0.2) is 0 Å². The van der Waals surface area contributed by atoms with Gasteiger partial charge in [0.15, 0.2) is 0 Å². The van der Waals surface area contributed by atoms with Gasteiger partial charge in [-0.1, -0.05) is 18.2 Å². The molecule has 3 rings (SSSR count). The van der Waals surface area contributed by atoms with E-state index in [-0.39, 0.29) is 0 Å². The maximum absolute atomic E-state index is 5.68. The predicted molar refractivity (Wildman–Crippen MR) is 61.0 cm³/mol. The molecule has 0 N–H and O–H groups in total. The molecule has 0 radical (unpaired) electrons. The monoisotopic (exact) mass is 200 g/mol. The maximum Gasteiger partial charge on any atom is 0.136 e. The summed E-state index contributed by atoms with van der Waals surface area (Å²) in [4.78, 5) is 0.927. The molecule has 2 aromatic carbocycles. The third-order valence-corrected chi connectivity index (χ3v) is 2.64. The fourth-order valence-electron chi connectivity index (χ4n) is 1.71. The molecule has 3 aromatic rings. The van der Waals surface area contributed by atoms with Crippen LogP contribution in [-0.4, -0.2) is 0 Å². The molecular formula is C12H8OS. The molecule has 0 atom stereocenters. The summed E-state index contributed by atoms with van der Waals surface area (Å²) in [5.41, 5.74) is 1.83. The third-order valence-electron chi connectivity index (χ3n) is 2.36. The first kappa shape index (κ1) is 7.94. The summed E-state index contributed by atoms with van der Waals surface area (Å²) in [6.07, 6.45) is 0. The Morgan fingerprint density at radius 1 is 0.857 bits per heavy atom. The SMILES string of the molecule is Sc1ccc2c(c1)oc1ccccc12. The number of hydrogen-bond donors (Lipinski definition) is 1. The highest BCUT2D eigenvalue weighted by atomic mass is 32.1. The van der Waals surface area contributed by atoms with Gasteiger partial charge in [-0.15, -0.1) is 12.6 Å². The Labute approximate surface area is 86.7 Å². The number of fused-ring (bicyclic) bond motifs is 3. The lowest BCUT2D eigenvalue weighted by atomic mass is 10.2. The predicted octanol–water partition coefficient (Wildman–Crippen LogP) is 3.87. The molecule has 0 fully saturated rings. The van der Waals surface area contributed by atoms with Crippen LogP contribution in [0.4, 0.5) is 0 Å². The van der Waals surface area contributed by atoms with Gasteiger partial charge in [0, 0.05) is 15.7 Å². The third kappa shape index (κ3) is 1.04. The average Bonchev–Trinajstić information content (AvgIpc) is 2.54. The van der Waals surface area contributed by atoms with E-state index in [0.29, 0.717) is 0 Å². The summed E-state index contributed by atoms with van der Waals surface area (Å²) in [6.45, 7) is 0. The van der Waals surface area contributed by atoms with Gasteiger partial charge in [0.25, 0.3) is 0 Å². The highest BCUT2D eigenvalue weighted by molar-refractivity contribution is 7.80. The molecule has 1 nitrogen and oxygen atoms in total. The van der Waals surface area contributed by atoms with Crippen LogP contribution in [0.25, 0.3) is 21.9 Å². The first-order chi connectivity index (χ1) is 6.84. The molecule has 0 unspecified atom stereocenters. The molecule has 0 saturated heterocycles. The number of para-hydroxylation sites is 1. The highest BCUT2D eigenvalue weighted by Crippen LogP contribution is 2.29. The molecule has 0 saturated carbocycles. The second-order valence-corrected chi connectivity index (χ2v) is 3.80. The van der Waals surface area contributed by atoms with Gasteiger partial charge < -0.3 is 4.42 Å². The molecule has 14 heavy (non-hydrogen) atoms. The standard InChI is InChI=1S/C12H8OS/c14-8-5-6-10-9-3-1-2-4-11(9)13-12(10)7-8/h1-7,14H. The Morgan fingerprint density at radius 3 is 2.57 bits per heavy atom. The molecule has 0 spiro atoms. The van der Waals surface area contributed by atoms with Gasteiger partial charge in [-0.3, -0.25) is 0 Å². The summed E-state index contributed by atoms with van der Waals surface area (Å²) in [5, 5.41) is 2.31. The van der Waals surface area contributed by atoms with Gasteiger partial charge in [0.05, 0.1) is 0 Å². The van der Waals surface area contributed by atoms with Crippen molar-refractivity contribution in [3.05, 3.63) is 42.5 Å². The van der Waals surface area contributed by atoms with Crippen LogP contribution in [0.1, 0.15) is 0 Å². The van der Waals surface area contributed by atoms with E-state index < -0.39 is 0 Å². The molecule has 0 aliphatic heterocycles. The average molecular weight is 200 g/mol. The van der Waals surface area contributed by atoms with E-state index in [2.05, 4.69) is 18.7 Å². The lowest BCUT2D eigenvalue weighted by Crippen LogP contribution is -1.66. The second-order valence-electron chi connectivity index (χ2n) is 3.28. The molecule has 0 amide bonds. The van der Waals surface area contributed by atoms with Crippen molar-refractivity contribution < 1.29 is 4.42 Å². The van der Waals surface area contributed by atoms with Gasteiger partial charge in [-0.05, 0) is 24.3 Å². The van der Waals surface area contributed by atoms with Crippen molar-refractivity contribution in [1.82, 2.24) is 0 Å². The van der Waals surface area contributed by atoms with Crippen LogP contribution in [0.15, 0.2) is 51.8 Å². The maximum atomic E-state index is 5.68. The normalized spacial score (nSPS) is 11.2. The molecule has 0 aliphatic rings. The summed E-state index contributed by atoms with van der Waals surface area (Å²) in [7, 11) is 0. The number of hydrogen-bond acceptors (Lipinski definition) is 2. The van der Waals surface area contributed by atoms with Crippen molar-refractivity contribution in [2.24, 2.45) is 0 Å². The first-order valence-electron chi connectivity index (χ1n) is 4.45. The zero-order valence-electron chi connectivity index (χ0n) is 7.40. The summed E-state index contributed by atoms with van der Waals surface area (Å²) in [6, 6.07) is 14.0. The number of furan rings is 1. The van der Waals surface area contributed by atoms with Crippen LogP contribution < -0.4 is 0 Å². The van der Waals surface area contributed by atoms with E-state index in [9.17, 15) is 0 Å². The fraction of sp³-hybridized carbons (Fsp3) is 0. The summed E-state index contributed by atoms with van der Waals surface area (Å²) < 4.78 is 5.68. The lowest BCUT2D eigenvalue weighted by Gasteiger charge is -1.89. The van der Waals surface area contributed by atoms with Crippen molar-refractivity contribution in [2.75, 3.05) is 0 Å². The Hall–Kier alpha value is -1.41. The van der Waals surface area contributed by atoms with E-state index in [1.54, 1.807) is 0 Å². The van der Waals surface area contributed by atoms with E-state index in [0.717, 1.165) is 26.8 Å². The minimum absolute atomic E-state index is 0.902. The topological polar surface area (TPSA) is 13.1 Å². The molecule has 1 heterocycles.